The number of pyridine rings is 1. The number of ether oxygens (including phenoxy) is 1. The lowest BCUT2D eigenvalue weighted by Crippen LogP contribution is -2.31. The molecule has 0 bridgehead atoms. The number of nitrogens with zero attached hydrogens (tertiary/aromatic N) is 4. The summed E-state index contributed by atoms with van der Waals surface area (Å²) in [5.74, 6) is -2.46. The lowest BCUT2D eigenvalue weighted by atomic mass is 10.2. The molecule has 0 saturated carbocycles. The fourth-order valence-electron chi connectivity index (χ4n) is 3.44. The zero-order valence-corrected chi connectivity index (χ0v) is 19.1. The molecule has 0 aliphatic carbocycles. The number of carbonyl (C=O) groups is 2. The van der Waals surface area contributed by atoms with Crippen LogP contribution in [-0.4, -0.2) is 46.3 Å². The van der Waals surface area contributed by atoms with E-state index in [-0.39, 0.29) is 19.0 Å². The molecule has 0 spiro atoms. The monoisotopic (exact) mass is 509 g/mol. The number of carbonyl (C=O) groups excluding carboxylic acids is 2. The molecule has 0 atom stereocenters. The summed E-state index contributed by atoms with van der Waals surface area (Å²) >= 11 is 1.07. The second kappa shape index (κ2) is 9.86. The van der Waals surface area contributed by atoms with Crippen LogP contribution in [0.1, 0.15) is 26.6 Å². The van der Waals surface area contributed by atoms with Gasteiger partial charge in [-0.15, -0.1) is 13.2 Å². The number of thiazole rings is 1. The van der Waals surface area contributed by atoms with Gasteiger partial charge in [-0.25, -0.2) is 14.2 Å². The third kappa shape index (κ3) is 5.85. The molecule has 35 heavy (non-hydrogen) atoms. The van der Waals surface area contributed by atoms with E-state index in [1.807, 2.05) is 6.07 Å². The second-order valence-corrected chi connectivity index (χ2v) is 8.56. The van der Waals surface area contributed by atoms with Gasteiger partial charge in [0.2, 0.25) is 0 Å². The van der Waals surface area contributed by atoms with Crippen molar-refractivity contribution in [2.24, 2.45) is 0 Å². The van der Waals surface area contributed by atoms with Gasteiger partial charge in [0.05, 0.1) is 17.9 Å². The number of nitrogens with one attached hydrogen (secondary N) is 1. The summed E-state index contributed by atoms with van der Waals surface area (Å²) in [4.78, 5) is 37.2. The fourth-order valence-corrected chi connectivity index (χ4v) is 4.44. The van der Waals surface area contributed by atoms with Crippen molar-refractivity contribution in [1.82, 2.24) is 20.2 Å². The van der Waals surface area contributed by atoms with Crippen molar-refractivity contribution in [2.75, 3.05) is 18.0 Å². The minimum atomic E-state index is -5.01. The Balaban J connectivity index is 1.40. The molecule has 184 valence electrons. The Hall–Kier alpha value is -3.74. The van der Waals surface area contributed by atoms with E-state index in [4.69, 9.17) is 0 Å². The molecule has 3 heterocycles. The number of aryl methyl sites for hydroxylation is 1. The molecule has 1 aromatic carbocycles. The maximum absolute atomic E-state index is 14.0. The van der Waals surface area contributed by atoms with E-state index in [1.54, 1.807) is 25.3 Å². The zero-order valence-electron chi connectivity index (χ0n) is 18.3. The molecule has 0 unspecified atom stereocenters. The number of hydrogen-bond acceptors (Lipinski definition) is 6. The number of benzene rings is 1. The molecule has 3 amide bonds. The smallest absolute Gasteiger partial charge is 0.403 e. The number of amides is 3. The first kappa shape index (κ1) is 24.4. The molecule has 1 aliphatic heterocycles. The molecule has 1 saturated heterocycles. The van der Waals surface area contributed by atoms with Crippen molar-refractivity contribution < 1.29 is 31.9 Å². The molecule has 3 aromatic rings. The topological polar surface area (TPSA) is 87.7 Å². The third-order valence-electron chi connectivity index (χ3n) is 5.07. The van der Waals surface area contributed by atoms with Gasteiger partial charge in [-0.2, -0.15) is 0 Å². The highest BCUT2D eigenvalue weighted by Crippen LogP contribution is 2.30. The Bertz CT molecular complexity index is 1240. The van der Waals surface area contributed by atoms with Gasteiger partial charge in [-0.3, -0.25) is 14.7 Å². The predicted octanol–water partition coefficient (Wildman–Crippen LogP) is 4.26. The van der Waals surface area contributed by atoms with Crippen LogP contribution in [0.25, 0.3) is 0 Å². The summed E-state index contributed by atoms with van der Waals surface area (Å²) in [5, 5.41) is 3.12. The Kier molecular flexibility index (Phi) is 6.87. The molecule has 0 radical (unpaired) electrons. The maximum atomic E-state index is 14.0. The van der Waals surface area contributed by atoms with Crippen LogP contribution in [0.2, 0.25) is 0 Å². The van der Waals surface area contributed by atoms with E-state index in [9.17, 15) is 27.2 Å². The number of alkyl halides is 3. The highest BCUT2D eigenvalue weighted by molar-refractivity contribution is 7.17. The van der Waals surface area contributed by atoms with E-state index in [1.165, 1.54) is 15.9 Å². The summed E-state index contributed by atoms with van der Waals surface area (Å²) in [7, 11) is 0. The number of rotatable bonds is 7. The first-order chi connectivity index (χ1) is 16.6. The third-order valence-corrected chi connectivity index (χ3v) is 6.25. The summed E-state index contributed by atoms with van der Waals surface area (Å²) in [5.41, 5.74) is 1.47. The van der Waals surface area contributed by atoms with Crippen LogP contribution in [0.15, 0.2) is 42.6 Å². The number of urea groups is 1. The molecule has 1 fully saturated rings. The van der Waals surface area contributed by atoms with E-state index < -0.39 is 24.0 Å². The van der Waals surface area contributed by atoms with E-state index in [0.29, 0.717) is 40.0 Å². The highest BCUT2D eigenvalue weighted by Gasteiger charge is 2.34. The average Bonchev–Trinajstić information content (AvgIpc) is 3.36. The number of aromatic nitrogens is 2. The van der Waals surface area contributed by atoms with E-state index in [0.717, 1.165) is 23.5 Å². The predicted molar refractivity (Wildman–Crippen MR) is 118 cm³/mol. The summed E-state index contributed by atoms with van der Waals surface area (Å²) in [6.07, 6.45) is -3.38. The molecule has 1 N–H and O–H groups in total. The Morgan fingerprint density at radius 2 is 2.03 bits per heavy atom. The van der Waals surface area contributed by atoms with Gasteiger partial charge in [0.25, 0.3) is 5.91 Å². The van der Waals surface area contributed by atoms with Gasteiger partial charge in [0, 0.05) is 25.8 Å². The van der Waals surface area contributed by atoms with Crippen LogP contribution in [0.3, 0.4) is 0 Å². The zero-order chi connectivity index (χ0) is 25.2. The van der Waals surface area contributed by atoms with Crippen molar-refractivity contribution >= 4 is 28.4 Å². The van der Waals surface area contributed by atoms with Gasteiger partial charge in [-0.1, -0.05) is 23.5 Å². The van der Waals surface area contributed by atoms with Gasteiger partial charge < -0.3 is 15.0 Å². The summed E-state index contributed by atoms with van der Waals surface area (Å²) in [6.45, 7) is 2.48. The Labute approximate surface area is 201 Å². The Morgan fingerprint density at radius 3 is 2.71 bits per heavy atom. The van der Waals surface area contributed by atoms with Crippen molar-refractivity contribution in [3.05, 3.63) is 70.2 Å². The van der Waals surface area contributed by atoms with Crippen LogP contribution in [0.4, 0.5) is 27.5 Å². The van der Waals surface area contributed by atoms with Crippen LogP contribution < -0.4 is 15.0 Å². The average molecular weight is 509 g/mol. The standard InChI is InChI=1S/C22H19F4N5O3S/c1-13-18(19(32)28-11-15-4-2-3-7-27-15)35-20(29-13)31-9-8-30(21(31)33)12-14-5-6-17(16(23)10-14)34-22(24,25)26/h2-7,10H,8-9,11-12H2,1H3,(H,28,32). The first-order valence-electron chi connectivity index (χ1n) is 10.4. The van der Waals surface area contributed by atoms with E-state index >= 15 is 0 Å². The lowest BCUT2D eigenvalue weighted by molar-refractivity contribution is -0.275. The molecular weight excluding hydrogens is 490 g/mol. The Morgan fingerprint density at radius 1 is 1.23 bits per heavy atom. The lowest BCUT2D eigenvalue weighted by Gasteiger charge is -2.17. The maximum Gasteiger partial charge on any atom is 0.573 e. The molecule has 8 nitrogen and oxygen atoms in total. The molecule has 13 heteroatoms. The van der Waals surface area contributed by atoms with Gasteiger partial charge in [-0.05, 0) is 36.8 Å². The highest BCUT2D eigenvalue weighted by atomic mass is 32.1. The van der Waals surface area contributed by atoms with Crippen LogP contribution in [0.5, 0.6) is 5.75 Å². The first-order valence-corrected chi connectivity index (χ1v) is 11.2. The van der Waals surface area contributed by atoms with Crippen LogP contribution >= 0.6 is 11.3 Å². The van der Waals surface area contributed by atoms with Crippen molar-refractivity contribution in [3.63, 3.8) is 0 Å². The van der Waals surface area contributed by atoms with Crippen molar-refractivity contribution in [1.29, 1.82) is 0 Å². The molecular formula is C22H19F4N5O3S. The van der Waals surface area contributed by atoms with Gasteiger partial charge in [0.1, 0.15) is 4.88 Å². The van der Waals surface area contributed by atoms with Crippen molar-refractivity contribution in [2.45, 2.75) is 26.4 Å². The normalized spacial score (nSPS) is 13.9. The summed E-state index contributed by atoms with van der Waals surface area (Å²) < 4.78 is 54.6. The van der Waals surface area contributed by atoms with Crippen LogP contribution in [0, 0.1) is 12.7 Å². The quantitative estimate of drug-likeness (QED) is 0.481. The van der Waals surface area contributed by atoms with Gasteiger partial charge >= 0.3 is 12.4 Å². The van der Waals surface area contributed by atoms with Gasteiger partial charge in [0.15, 0.2) is 16.7 Å². The molecule has 1 aliphatic rings. The molecule has 4 rings (SSSR count). The number of hydrogen-bond donors (Lipinski definition) is 1. The number of halogens is 4. The molecule has 2 aromatic heterocycles. The second-order valence-electron chi connectivity index (χ2n) is 7.58. The minimum Gasteiger partial charge on any atom is -0.403 e. The van der Waals surface area contributed by atoms with Crippen LogP contribution in [-0.2, 0) is 13.1 Å². The van der Waals surface area contributed by atoms with Crippen molar-refractivity contribution in [3.8, 4) is 5.75 Å². The number of anilines is 1. The SMILES string of the molecule is Cc1nc(N2CCN(Cc3ccc(OC(F)(F)F)c(F)c3)C2=O)sc1C(=O)NCc1ccccn1. The largest absolute Gasteiger partial charge is 0.573 e. The minimum absolute atomic E-state index is 0.0136. The van der Waals surface area contributed by atoms with E-state index in [2.05, 4.69) is 20.0 Å². The summed E-state index contributed by atoms with van der Waals surface area (Å²) in [6, 6.07) is 7.99. The fraction of sp³-hybridized carbons (Fsp3) is 0.273.